The van der Waals surface area contributed by atoms with E-state index >= 15 is 0 Å². The summed E-state index contributed by atoms with van der Waals surface area (Å²) in [4.78, 5) is 0. The summed E-state index contributed by atoms with van der Waals surface area (Å²) in [5.41, 5.74) is 15.7. The van der Waals surface area contributed by atoms with Crippen LogP contribution in [0, 0.1) is 27.6 Å². The quantitative estimate of drug-likeness (QED) is 0.166. The van der Waals surface area contributed by atoms with Crippen LogP contribution < -0.4 is 9.13 Å². The molecule has 4 heteroatoms. The van der Waals surface area contributed by atoms with Crippen LogP contribution in [0.5, 0.6) is 0 Å². The average Bonchev–Trinajstić information content (AvgIpc) is 3.92. The normalized spacial score (nSPS) is 12.5. The minimum absolute atomic E-state index is 0.328. The molecule has 64 heavy (non-hydrogen) atoms. The summed E-state index contributed by atoms with van der Waals surface area (Å²) in [6, 6.07) is 58.4. The highest BCUT2D eigenvalue weighted by atomic mass is 16.3. The lowest BCUT2D eigenvalue weighted by molar-refractivity contribution is -0.660. The van der Waals surface area contributed by atoms with Crippen molar-refractivity contribution in [2.24, 2.45) is 14.1 Å². The lowest BCUT2D eigenvalue weighted by Gasteiger charge is -2.13. The van der Waals surface area contributed by atoms with Crippen LogP contribution in [0.15, 0.2) is 191 Å². The van der Waals surface area contributed by atoms with Gasteiger partial charge < -0.3 is 8.83 Å². The minimum atomic E-state index is -2.24. The van der Waals surface area contributed by atoms with Gasteiger partial charge >= 0.3 is 0 Å². The molecular formula is C60H48N2O2+2. The summed E-state index contributed by atoms with van der Waals surface area (Å²) >= 11 is 0. The summed E-state index contributed by atoms with van der Waals surface area (Å²) in [7, 11) is 4.01. The molecule has 0 aliphatic heterocycles. The lowest BCUT2D eigenvalue weighted by Crippen LogP contribution is -2.31. The second kappa shape index (κ2) is 15.5. The first kappa shape index (κ1) is 35.7. The van der Waals surface area contributed by atoms with Crippen LogP contribution in [-0.4, -0.2) is 0 Å². The third kappa shape index (κ3) is 6.36. The highest BCUT2D eigenvalue weighted by molar-refractivity contribution is 6.24. The van der Waals surface area contributed by atoms with Gasteiger partial charge in [-0.25, -0.2) is 9.13 Å². The number of hydrogen-bond donors (Lipinski definition) is 0. The number of benzene rings is 8. The van der Waals surface area contributed by atoms with Gasteiger partial charge in [0, 0.05) is 49.4 Å². The van der Waals surface area contributed by atoms with Gasteiger partial charge in [-0.3, -0.25) is 0 Å². The van der Waals surface area contributed by atoms with Gasteiger partial charge in [-0.15, -0.1) is 0 Å². The van der Waals surface area contributed by atoms with Crippen molar-refractivity contribution in [3.8, 4) is 44.8 Å². The first-order valence-corrected chi connectivity index (χ1v) is 21.8. The number of pyridine rings is 2. The molecule has 0 saturated carbocycles. The molecule has 0 aliphatic rings. The number of aryl methyl sites for hydroxylation is 6. The molecule has 4 heterocycles. The molecule has 12 aromatic rings. The summed E-state index contributed by atoms with van der Waals surface area (Å²) < 4.78 is 41.7. The second-order valence-electron chi connectivity index (χ2n) is 16.9. The van der Waals surface area contributed by atoms with Crippen molar-refractivity contribution in [2.75, 3.05) is 0 Å². The monoisotopic (exact) mass is 831 g/mol. The van der Waals surface area contributed by atoms with E-state index in [4.69, 9.17) is 12.9 Å². The Labute approximate surface area is 377 Å². The molecule has 0 aliphatic carbocycles. The van der Waals surface area contributed by atoms with E-state index in [0.717, 1.165) is 82.9 Å². The molecule has 0 spiro atoms. The molecule has 0 atom stereocenters. The van der Waals surface area contributed by atoms with E-state index in [2.05, 4.69) is 148 Å². The molecule has 4 nitrogen and oxygen atoms in total. The first-order chi connectivity index (χ1) is 32.5. The van der Waals surface area contributed by atoms with Crippen molar-refractivity contribution in [2.45, 2.75) is 27.6 Å². The van der Waals surface area contributed by atoms with E-state index in [9.17, 15) is 0 Å². The van der Waals surface area contributed by atoms with Gasteiger partial charge in [-0.2, -0.15) is 0 Å². The molecule has 4 aromatic heterocycles. The van der Waals surface area contributed by atoms with E-state index in [1.165, 1.54) is 38.4 Å². The summed E-state index contributed by atoms with van der Waals surface area (Å²) in [5, 5.41) is 9.33. The van der Waals surface area contributed by atoms with Gasteiger partial charge in [0.15, 0.2) is 12.4 Å². The molecule has 0 saturated heterocycles. The topological polar surface area (TPSA) is 34.0 Å². The van der Waals surface area contributed by atoms with Gasteiger partial charge in [-0.05, 0) is 94.7 Å². The number of aromatic nitrogens is 2. The van der Waals surface area contributed by atoms with Crippen LogP contribution in [0.25, 0.3) is 110 Å². The van der Waals surface area contributed by atoms with Crippen molar-refractivity contribution >= 4 is 65.4 Å². The van der Waals surface area contributed by atoms with Crippen LogP contribution >= 0.6 is 0 Å². The first-order valence-electron chi connectivity index (χ1n) is 23.3. The molecule has 12 rings (SSSR count). The molecule has 0 radical (unpaired) electrons. The average molecular weight is 832 g/mol. The predicted octanol–water partition coefficient (Wildman–Crippen LogP) is 15.0. The zero-order valence-electron chi connectivity index (χ0n) is 39.5. The maximum Gasteiger partial charge on any atom is 0.217 e. The zero-order valence-corrected chi connectivity index (χ0v) is 36.5. The van der Waals surface area contributed by atoms with E-state index in [-0.39, 0.29) is 0 Å². The molecule has 308 valence electrons. The Balaban J connectivity index is 0.000000148. The highest BCUT2D eigenvalue weighted by Crippen LogP contribution is 2.45. The van der Waals surface area contributed by atoms with Crippen LogP contribution in [0.3, 0.4) is 0 Å². The number of rotatable bonds is 4. The number of para-hydroxylation sites is 2. The van der Waals surface area contributed by atoms with E-state index < -0.39 is 6.85 Å². The standard InChI is InChI=1S/2C30H24NO/c1-19-12-14-21(15-13-19)22-16-17-31(3)26(18-22)28-20(2)23-8-4-5-9-24(23)29-25-10-6-7-11-27(25)32-30(28)29;1-19-18-31(3)26(17-25(19)21-11-5-4-6-12-21)28-20(2)22-13-7-8-14-23(22)29-24-15-9-10-16-27(24)32-30(28)29/h2*4-18H,1-3H3/q2*+1/i;1D3. The van der Waals surface area contributed by atoms with Crippen molar-refractivity contribution in [3.05, 3.63) is 205 Å². The van der Waals surface area contributed by atoms with Crippen LogP contribution in [-0.2, 0) is 14.1 Å². The third-order valence-corrected chi connectivity index (χ3v) is 13.0. The maximum atomic E-state index is 8.19. The van der Waals surface area contributed by atoms with E-state index in [1.54, 1.807) is 6.20 Å². The SMILES string of the molecule is Cc1ccc(-c2cc[n+](C)c(-c3c(C)c4ccccc4c4c3oc3ccccc34)c2)cc1.[2H]C([2H])([2H])c1c[n+](C)c(-c2c(C)c3ccccc3c3c2oc2ccccc23)cc1-c1ccccc1. The smallest absolute Gasteiger partial charge is 0.217 e. The van der Waals surface area contributed by atoms with Crippen LogP contribution in [0.2, 0.25) is 0 Å². The third-order valence-electron chi connectivity index (χ3n) is 13.0. The molecule has 0 unspecified atom stereocenters. The van der Waals surface area contributed by atoms with Crippen LogP contribution in [0.4, 0.5) is 0 Å². The largest absolute Gasteiger partial charge is 0.455 e. The van der Waals surface area contributed by atoms with Gasteiger partial charge in [0.05, 0.1) is 11.1 Å². The van der Waals surface area contributed by atoms with Crippen molar-refractivity contribution in [1.29, 1.82) is 0 Å². The number of nitrogens with zero attached hydrogens (tertiary/aromatic N) is 2. The molecule has 0 amide bonds. The van der Waals surface area contributed by atoms with Crippen molar-refractivity contribution in [1.82, 2.24) is 0 Å². The molecule has 0 bridgehead atoms. The second-order valence-corrected chi connectivity index (χ2v) is 16.9. The summed E-state index contributed by atoms with van der Waals surface area (Å²) in [5.74, 6) is 0. The Hall–Kier alpha value is -7.82. The Kier molecular flexibility index (Phi) is 8.66. The fourth-order valence-electron chi connectivity index (χ4n) is 9.76. The van der Waals surface area contributed by atoms with Crippen molar-refractivity contribution in [3.63, 3.8) is 0 Å². The fraction of sp³-hybridized carbons (Fsp3) is 0.100. The summed E-state index contributed by atoms with van der Waals surface area (Å²) in [6.07, 6.45) is 3.89. The number of fused-ring (bicyclic) bond motifs is 10. The maximum absolute atomic E-state index is 8.19. The Bertz CT molecular complexity index is 3900. The van der Waals surface area contributed by atoms with Crippen molar-refractivity contribution < 1.29 is 22.1 Å². The van der Waals surface area contributed by atoms with Gasteiger partial charge in [0.1, 0.15) is 36.4 Å². The fourth-order valence-corrected chi connectivity index (χ4v) is 9.76. The van der Waals surface area contributed by atoms with Gasteiger partial charge in [0.2, 0.25) is 11.4 Å². The Morgan fingerprint density at radius 3 is 1.47 bits per heavy atom. The number of hydrogen-bond acceptors (Lipinski definition) is 2. The lowest BCUT2D eigenvalue weighted by atomic mass is 9.91. The molecule has 0 fully saturated rings. The Morgan fingerprint density at radius 2 is 0.922 bits per heavy atom. The molecule has 0 N–H and O–H groups in total. The summed E-state index contributed by atoms with van der Waals surface area (Å²) in [6.45, 7) is 4.21. The van der Waals surface area contributed by atoms with E-state index in [0.29, 0.717) is 11.1 Å². The van der Waals surface area contributed by atoms with Gasteiger partial charge in [-0.1, -0.05) is 145 Å². The zero-order chi connectivity index (χ0) is 46.1. The molecular weight excluding hydrogens is 781 g/mol. The highest BCUT2D eigenvalue weighted by Gasteiger charge is 2.27. The van der Waals surface area contributed by atoms with Gasteiger partial charge in [0.25, 0.3) is 0 Å². The predicted molar refractivity (Wildman–Crippen MR) is 265 cm³/mol. The molecule has 8 aromatic carbocycles. The Morgan fingerprint density at radius 1 is 0.438 bits per heavy atom. The number of furan rings is 2. The minimum Gasteiger partial charge on any atom is -0.455 e. The van der Waals surface area contributed by atoms with E-state index in [1.807, 2.05) is 72.3 Å². The van der Waals surface area contributed by atoms with Crippen LogP contribution in [0.1, 0.15) is 26.4 Å².